The second kappa shape index (κ2) is 6.16. The quantitative estimate of drug-likeness (QED) is 0.482. The number of ether oxygens (including phenoxy) is 2. The number of hydrogen-bond donors (Lipinski definition) is 3. The molecule has 1 atom stereocenters. The van der Waals surface area contributed by atoms with Crippen molar-refractivity contribution in [1.82, 2.24) is 15.0 Å². The summed E-state index contributed by atoms with van der Waals surface area (Å²) < 4.78 is 10.7. The molecule has 1 unspecified atom stereocenters. The highest BCUT2D eigenvalue weighted by Gasteiger charge is 2.20. The highest BCUT2D eigenvalue weighted by Crippen LogP contribution is 2.16. The first kappa shape index (κ1) is 13.3. The molecule has 2 aliphatic heterocycles. The molecule has 3 heterocycles. The van der Waals surface area contributed by atoms with Crippen molar-refractivity contribution in [2.24, 2.45) is 5.84 Å². The minimum atomic E-state index is 0.237. The van der Waals surface area contributed by atoms with Crippen molar-refractivity contribution >= 4 is 17.8 Å². The fourth-order valence-corrected chi connectivity index (χ4v) is 2.23. The summed E-state index contributed by atoms with van der Waals surface area (Å²) in [5, 5.41) is 3.25. The van der Waals surface area contributed by atoms with Gasteiger partial charge in [0.1, 0.15) is 0 Å². The van der Waals surface area contributed by atoms with E-state index in [4.69, 9.17) is 15.3 Å². The van der Waals surface area contributed by atoms with E-state index in [1.54, 1.807) is 0 Å². The zero-order valence-electron chi connectivity index (χ0n) is 11.2. The van der Waals surface area contributed by atoms with Gasteiger partial charge in [-0.25, -0.2) is 5.84 Å². The van der Waals surface area contributed by atoms with Crippen LogP contribution in [-0.2, 0) is 9.47 Å². The summed E-state index contributed by atoms with van der Waals surface area (Å²) in [5.41, 5.74) is 2.48. The summed E-state index contributed by atoms with van der Waals surface area (Å²) in [6.07, 6.45) is 0.948. The Labute approximate surface area is 116 Å². The smallest absolute Gasteiger partial charge is 0.243 e. The van der Waals surface area contributed by atoms with E-state index in [0.29, 0.717) is 37.7 Å². The standard InChI is InChI=1S/C11H19N7O2/c12-17-10-14-9(13-8-1-4-20-7-8)15-11(16-10)18-2-5-19-6-3-18/h8H,1-7,12H2,(H2,13,14,15,16,17). The van der Waals surface area contributed by atoms with E-state index in [1.807, 2.05) is 0 Å². The lowest BCUT2D eigenvalue weighted by Crippen LogP contribution is -2.38. The molecule has 3 rings (SSSR count). The molecule has 4 N–H and O–H groups in total. The van der Waals surface area contributed by atoms with E-state index < -0.39 is 0 Å². The third-order valence-corrected chi connectivity index (χ3v) is 3.31. The Morgan fingerprint density at radius 2 is 1.85 bits per heavy atom. The van der Waals surface area contributed by atoms with Crippen molar-refractivity contribution in [3.63, 3.8) is 0 Å². The molecule has 0 saturated carbocycles. The van der Waals surface area contributed by atoms with E-state index in [0.717, 1.165) is 26.1 Å². The summed E-state index contributed by atoms with van der Waals surface area (Å²) in [4.78, 5) is 15.0. The van der Waals surface area contributed by atoms with Crippen LogP contribution in [0.2, 0.25) is 0 Å². The van der Waals surface area contributed by atoms with Gasteiger partial charge in [-0.05, 0) is 6.42 Å². The first-order chi connectivity index (χ1) is 9.85. The number of hydrazine groups is 1. The zero-order chi connectivity index (χ0) is 13.8. The summed E-state index contributed by atoms with van der Waals surface area (Å²) in [6, 6.07) is 0.237. The van der Waals surface area contributed by atoms with Gasteiger partial charge in [0.05, 0.1) is 25.9 Å². The number of anilines is 3. The van der Waals surface area contributed by atoms with Gasteiger partial charge in [0.15, 0.2) is 0 Å². The molecule has 9 heteroatoms. The Morgan fingerprint density at radius 3 is 2.55 bits per heavy atom. The van der Waals surface area contributed by atoms with Crippen LogP contribution >= 0.6 is 0 Å². The number of aromatic nitrogens is 3. The maximum absolute atomic E-state index is 5.43. The zero-order valence-corrected chi connectivity index (χ0v) is 11.2. The van der Waals surface area contributed by atoms with E-state index in [2.05, 4.69) is 30.6 Å². The average molecular weight is 281 g/mol. The van der Waals surface area contributed by atoms with Gasteiger partial charge in [0.25, 0.3) is 0 Å². The summed E-state index contributed by atoms with van der Waals surface area (Å²) in [6.45, 7) is 4.32. The number of hydrogen-bond acceptors (Lipinski definition) is 9. The lowest BCUT2D eigenvalue weighted by atomic mass is 10.3. The molecule has 0 aromatic carbocycles. The van der Waals surface area contributed by atoms with Gasteiger partial charge in [-0.2, -0.15) is 15.0 Å². The number of morpholine rings is 1. The van der Waals surface area contributed by atoms with Crippen LogP contribution in [0, 0.1) is 0 Å². The van der Waals surface area contributed by atoms with Crippen molar-refractivity contribution in [3.05, 3.63) is 0 Å². The Morgan fingerprint density at radius 1 is 1.05 bits per heavy atom. The minimum Gasteiger partial charge on any atom is -0.379 e. The van der Waals surface area contributed by atoms with Crippen LogP contribution in [0.5, 0.6) is 0 Å². The van der Waals surface area contributed by atoms with Gasteiger partial charge >= 0.3 is 0 Å². The minimum absolute atomic E-state index is 0.237. The maximum Gasteiger partial charge on any atom is 0.243 e. The van der Waals surface area contributed by atoms with E-state index in [-0.39, 0.29) is 6.04 Å². The van der Waals surface area contributed by atoms with Gasteiger partial charge in [0.2, 0.25) is 17.8 Å². The van der Waals surface area contributed by atoms with E-state index in [9.17, 15) is 0 Å². The molecular weight excluding hydrogens is 262 g/mol. The highest BCUT2D eigenvalue weighted by atomic mass is 16.5. The maximum atomic E-state index is 5.43. The molecule has 2 aliphatic rings. The van der Waals surface area contributed by atoms with Crippen LogP contribution in [-0.4, -0.2) is 60.5 Å². The van der Waals surface area contributed by atoms with Crippen LogP contribution in [0.4, 0.5) is 17.8 Å². The first-order valence-corrected chi connectivity index (χ1v) is 6.75. The van der Waals surface area contributed by atoms with Crippen molar-refractivity contribution in [3.8, 4) is 0 Å². The van der Waals surface area contributed by atoms with Gasteiger partial charge in [-0.1, -0.05) is 0 Å². The third-order valence-electron chi connectivity index (χ3n) is 3.31. The Kier molecular flexibility index (Phi) is 4.09. The normalized spacial score (nSPS) is 22.9. The lowest BCUT2D eigenvalue weighted by Gasteiger charge is -2.27. The van der Waals surface area contributed by atoms with Gasteiger partial charge in [-0.15, -0.1) is 0 Å². The van der Waals surface area contributed by atoms with Crippen LogP contribution in [0.1, 0.15) is 6.42 Å². The molecule has 0 spiro atoms. The number of nitrogens with one attached hydrogen (secondary N) is 2. The molecule has 0 amide bonds. The SMILES string of the molecule is NNc1nc(NC2CCOC2)nc(N2CCOCC2)n1. The Hall–Kier alpha value is -1.71. The molecule has 0 bridgehead atoms. The second-order valence-electron chi connectivity index (χ2n) is 4.73. The number of nitrogens with two attached hydrogens (primary N) is 1. The van der Waals surface area contributed by atoms with E-state index in [1.165, 1.54) is 0 Å². The van der Waals surface area contributed by atoms with Crippen LogP contribution < -0.4 is 21.5 Å². The van der Waals surface area contributed by atoms with Crippen LogP contribution in [0.3, 0.4) is 0 Å². The van der Waals surface area contributed by atoms with Gasteiger partial charge in [0, 0.05) is 19.7 Å². The predicted octanol–water partition coefficient (Wildman–Crippen LogP) is -0.805. The molecule has 0 radical (unpaired) electrons. The largest absolute Gasteiger partial charge is 0.379 e. The molecule has 9 nitrogen and oxygen atoms in total. The second-order valence-corrected chi connectivity index (χ2v) is 4.73. The number of rotatable bonds is 4. The molecule has 110 valence electrons. The van der Waals surface area contributed by atoms with Crippen LogP contribution in [0.25, 0.3) is 0 Å². The molecular formula is C11H19N7O2. The molecule has 2 saturated heterocycles. The lowest BCUT2D eigenvalue weighted by molar-refractivity contribution is 0.122. The van der Waals surface area contributed by atoms with Crippen molar-refractivity contribution < 1.29 is 9.47 Å². The fraction of sp³-hybridized carbons (Fsp3) is 0.727. The number of nitrogen functional groups attached to an aromatic ring is 1. The van der Waals surface area contributed by atoms with Crippen molar-refractivity contribution in [2.45, 2.75) is 12.5 Å². The number of nitrogens with zero attached hydrogens (tertiary/aromatic N) is 4. The topological polar surface area (TPSA) is 110 Å². The monoisotopic (exact) mass is 281 g/mol. The molecule has 20 heavy (non-hydrogen) atoms. The predicted molar refractivity (Wildman–Crippen MR) is 73.5 cm³/mol. The van der Waals surface area contributed by atoms with Crippen molar-refractivity contribution in [1.29, 1.82) is 0 Å². The molecule has 0 aliphatic carbocycles. The Bertz CT molecular complexity index is 446. The van der Waals surface area contributed by atoms with E-state index >= 15 is 0 Å². The summed E-state index contributed by atoms with van der Waals surface area (Å²) in [5.74, 6) is 6.90. The Balaban J connectivity index is 1.77. The molecule has 2 fully saturated rings. The average Bonchev–Trinajstić information content (AvgIpc) is 3.00. The van der Waals surface area contributed by atoms with Gasteiger partial charge < -0.3 is 19.7 Å². The first-order valence-electron chi connectivity index (χ1n) is 6.75. The fourth-order valence-electron chi connectivity index (χ4n) is 2.23. The summed E-state index contributed by atoms with van der Waals surface area (Å²) in [7, 11) is 0. The van der Waals surface area contributed by atoms with Crippen LogP contribution in [0.15, 0.2) is 0 Å². The molecule has 1 aromatic rings. The van der Waals surface area contributed by atoms with Gasteiger partial charge in [-0.3, -0.25) is 5.43 Å². The molecule has 1 aromatic heterocycles. The van der Waals surface area contributed by atoms with Crippen molar-refractivity contribution in [2.75, 3.05) is 55.2 Å². The summed E-state index contributed by atoms with van der Waals surface area (Å²) >= 11 is 0. The third kappa shape index (κ3) is 3.06. The highest BCUT2D eigenvalue weighted by molar-refractivity contribution is 5.44.